The lowest BCUT2D eigenvalue weighted by molar-refractivity contribution is 0.0748. The van der Waals surface area contributed by atoms with Gasteiger partial charge in [-0.15, -0.1) is 11.3 Å². The van der Waals surface area contributed by atoms with Gasteiger partial charge in [0.05, 0.1) is 17.2 Å². The molecule has 0 saturated carbocycles. The Balaban J connectivity index is 1.78. The van der Waals surface area contributed by atoms with Crippen LogP contribution in [0.15, 0.2) is 30.3 Å². The molecule has 0 bridgehead atoms. The van der Waals surface area contributed by atoms with Gasteiger partial charge in [0.15, 0.2) is 0 Å². The molecule has 0 saturated heterocycles. The number of likely N-dealkylation sites (N-methyl/N-ethyl adjacent to an activating group) is 1. The second-order valence-corrected chi connectivity index (χ2v) is 6.99. The molecule has 25 heavy (non-hydrogen) atoms. The van der Waals surface area contributed by atoms with Gasteiger partial charge in [0.25, 0.3) is 11.8 Å². The van der Waals surface area contributed by atoms with Crippen molar-refractivity contribution in [2.75, 3.05) is 38.8 Å². The van der Waals surface area contributed by atoms with Gasteiger partial charge in [-0.1, -0.05) is 0 Å². The average molecular weight is 362 g/mol. The van der Waals surface area contributed by atoms with E-state index in [-0.39, 0.29) is 17.6 Å². The summed E-state index contributed by atoms with van der Waals surface area (Å²) < 4.78 is 18.0. The SMILES string of the molecule is COCCN(C)C(=O)c1cc2c(s1)CCN2C(=O)c1ccc(F)cc1. The van der Waals surface area contributed by atoms with Gasteiger partial charge in [-0.25, -0.2) is 4.39 Å². The molecular weight excluding hydrogens is 343 g/mol. The number of methoxy groups -OCH3 is 1. The minimum atomic E-state index is -0.374. The maximum Gasteiger partial charge on any atom is 0.263 e. The molecule has 1 aliphatic rings. The number of rotatable bonds is 5. The summed E-state index contributed by atoms with van der Waals surface area (Å²) in [5.74, 6) is -0.630. The third-order valence-corrected chi connectivity index (χ3v) is 5.34. The minimum absolute atomic E-state index is 0.0781. The maximum absolute atomic E-state index is 13.0. The van der Waals surface area contributed by atoms with Crippen LogP contribution in [0.2, 0.25) is 0 Å². The largest absolute Gasteiger partial charge is 0.383 e. The predicted octanol–water partition coefficient (Wildman–Crippen LogP) is 2.81. The van der Waals surface area contributed by atoms with Gasteiger partial charge in [-0.05, 0) is 30.3 Å². The van der Waals surface area contributed by atoms with Crippen molar-refractivity contribution in [3.8, 4) is 0 Å². The molecule has 1 aliphatic heterocycles. The fraction of sp³-hybridized carbons (Fsp3) is 0.333. The molecule has 1 aromatic carbocycles. The number of benzene rings is 1. The molecule has 132 valence electrons. The first-order valence-corrected chi connectivity index (χ1v) is 8.77. The zero-order chi connectivity index (χ0) is 18.0. The van der Waals surface area contributed by atoms with E-state index >= 15 is 0 Å². The molecule has 2 aromatic rings. The molecule has 0 unspecified atom stereocenters. The third kappa shape index (κ3) is 3.57. The molecule has 1 aromatic heterocycles. The molecule has 0 atom stereocenters. The van der Waals surface area contributed by atoms with Crippen LogP contribution in [0, 0.1) is 5.82 Å². The van der Waals surface area contributed by atoms with E-state index in [1.165, 1.54) is 35.6 Å². The molecule has 2 heterocycles. The van der Waals surface area contributed by atoms with Gasteiger partial charge < -0.3 is 14.5 Å². The Morgan fingerprint density at radius 2 is 2.04 bits per heavy atom. The maximum atomic E-state index is 13.0. The van der Waals surface area contributed by atoms with Gasteiger partial charge in [-0.2, -0.15) is 0 Å². The lowest BCUT2D eigenvalue weighted by Crippen LogP contribution is -2.30. The summed E-state index contributed by atoms with van der Waals surface area (Å²) in [5.41, 5.74) is 1.22. The Labute approximate surface area is 149 Å². The topological polar surface area (TPSA) is 49.9 Å². The van der Waals surface area contributed by atoms with Crippen LogP contribution in [0.4, 0.5) is 10.1 Å². The molecule has 5 nitrogen and oxygen atoms in total. The van der Waals surface area contributed by atoms with Crippen molar-refractivity contribution >= 4 is 28.8 Å². The summed E-state index contributed by atoms with van der Waals surface area (Å²) in [6.45, 7) is 1.56. The molecule has 0 radical (unpaired) electrons. The van der Waals surface area contributed by atoms with Crippen molar-refractivity contribution in [3.63, 3.8) is 0 Å². The normalized spacial score (nSPS) is 13.0. The van der Waals surface area contributed by atoms with E-state index in [2.05, 4.69) is 0 Å². The third-order valence-electron chi connectivity index (χ3n) is 4.16. The molecule has 0 N–H and O–H groups in total. The number of anilines is 1. The van der Waals surface area contributed by atoms with E-state index in [4.69, 9.17) is 4.74 Å². The zero-order valence-corrected chi connectivity index (χ0v) is 14.9. The van der Waals surface area contributed by atoms with Crippen LogP contribution < -0.4 is 4.90 Å². The van der Waals surface area contributed by atoms with Crippen molar-refractivity contribution < 1.29 is 18.7 Å². The zero-order valence-electron chi connectivity index (χ0n) is 14.1. The highest BCUT2D eigenvalue weighted by Crippen LogP contribution is 2.37. The first-order valence-electron chi connectivity index (χ1n) is 7.96. The molecule has 3 rings (SSSR count). The summed E-state index contributed by atoms with van der Waals surface area (Å²) in [7, 11) is 3.32. The summed E-state index contributed by atoms with van der Waals surface area (Å²) >= 11 is 1.42. The summed E-state index contributed by atoms with van der Waals surface area (Å²) in [5, 5.41) is 0. The Bertz CT molecular complexity index is 788. The minimum Gasteiger partial charge on any atom is -0.383 e. The van der Waals surface area contributed by atoms with Crippen LogP contribution >= 0.6 is 11.3 Å². The fourth-order valence-corrected chi connectivity index (χ4v) is 3.89. The monoisotopic (exact) mass is 362 g/mol. The van der Waals surface area contributed by atoms with Crippen molar-refractivity contribution in [2.45, 2.75) is 6.42 Å². The van der Waals surface area contributed by atoms with Gasteiger partial charge in [-0.3, -0.25) is 9.59 Å². The van der Waals surface area contributed by atoms with Crippen LogP contribution in [-0.4, -0.2) is 50.6 Å². The standard InChI is InChI=1S/C18H19FN2O3S/c1-20(9-10-24-2)18(23)16-11-14-15(25-16)7-8-21(14)17(22)12-3-5-13(19)6-4-12/h3-6,11H,7-10H2,1-2H3. The number of carbonyl (C=O) groups excluding carboxylic acids is 2. The Kier molecular flexibility index (Phi) is 5.15. The average Bonchev–Trinajstić information content (AvgIpc) is 3.19. The quantitative estimate of drug-likeness (QED) is 0.822. The van der Waals surface area contributed by atoms with Crippen molar-refractivity contribution in [2.24, 2.45) is 0 Å². The van der Waals surface area contributed by atoms with E-state index < -0.39 is 0 Å². The number of halogens is 1. The van der Waals surface area contributed by atoms with Crippen LogP contribution in [0.3, 0.4) is 0 Å². The number of nitrogens with zero attached hydrogens (tertiary/aromatic N) is 2. The van der Waals surface area contributed by atoms with Gasteiger partial charge >= 0.3 is 0 Å². The Morgan fingerprint density at radius 1 is 1.32 bits per heavy atom. The number of ether oxygens (including phenoxy) is 1. The number of hydrogen-bond acceptors (Lipinski definition) is 4. The van der Waals surface area contributed by atoms with Gasteiger partial charge in [0.2, 0.25) is 0 Å². The predicted molar refractivity (Wildman–Crippen MR) is 94.9 cm³/mol. The number of hydrogen-bond donors (Lipinski definition) is 0. The highest BCUT2D eigenvalue weighted by molar-refractivity contribution is 7.14. The van der Waals surface area contributed by atoms with E-state index in [1.807, 2.05) is 0 Å². The first-order chi connectivity index (χ1) is 12.0. The van der Waals surface area contributed by atoms with Crippen LogP contribution in [-0.2, 0) is 11.2 Å². The second-order valence-electron chi connectivity index (χ2n) is 5.85. The smallest absolute Gasteiger partial charge is 0.263 e. The van der Waals surface area contributed by atoms with E-state index in [1.54, 1.807) is 30.0 Å². The lowest BCUT2D eigenvalue weighted by atomic mass is 10.2. The van der Waals surface area contributed by atoms with Crippen LogP contribution in [0.25, 0.3) is 0 Å². The highest BCUT2D eigenvalue weighted by atomic mass is 32.1. The molecule has 2 amide bonds. The Morgan fingerprint density at radius 3 is 2.72 bits per heavy atom. The van der Waals surface area contributed by atoms with Gasteiger partial charge in [0.1, 0.15) is 5.82 Å². The van der Waals surface area contributed by atoms with E-state index in [9.17, 15) is 14.0 Å². The Hall–Kier alpha value is -2.25. The van der Waals surface area contributed by atoms with Crippen LogP contribution in [0.1, 0.15) is 24.9 Å². The lowest BCUT2D eigenvalue weighted by Gasteiger charge is -2.17. The molecule has 0 fully saturated rings. The summed E-state index contributed by atoms with van der Waals surface area (Å²) in [6.07, 6.45) is 0.724. The van der Waals surface area contributed by atoms with Crippen LogP contribution in [0.5, 0.6) is 0 Å². The second kappa shape index (κ2) is 7.33. The summed E-state index contributed by atoms with van der Waals surface area (Å²) in [6, 6.07) is 7.29. The van der Waals surface area contributed by atoms with Crippen molar-refractivity contribution in [1.29, 1.82) is 0 Å². The van der Waals surface area contributed by atoms with Crippen molar-refractivity contribution in [1.82, 2.24) is 4.90 Å². The fourth-order valence-electron chi connectivity index (χ4n) is 2.74. The van der Waals surface area contributed by atoms with E-state index in [0.717, 1.165) is 17.0 Å². The number of fused-ring (bicyclic) bond motifs is 1. The molecule has 7 heteroatoms. The van der Waals surface area contributed by atoms with Crippen molar-refractivity contribution in [3.05, 3.63) is 51.5 Å². The van der Waals surface area contributed by atoms with Gasteiger partial charge in [0, 0.05) is 44.1 Å². The molecule has 0 aliphatic carbocycles. The van der Waals surface area contributed by atoms with E-state index in [0.29, 0.717) is 30.1 Å². The number of carbonyl (C=O) groups is 2. The number of amides is 2. The molecule has 0 spiro atoms. The summed E-state index contributed by atoms with van der Waals surface area (Å²) in [4.78, 5) is 30.1. The number of thiophene rings is 1. The molecular formula is C18H19FN2O3S. The highest BCUT2D eigenvalue weighted by Gasteiger charge is 2.29. The first kappa shape index (κ1) is 17.6.